The van der Waals surface area contributed by atoms with Crippen LogP contribution in [0.2, 0.25) is 10.0 Å². The van der Waals surface area contributed by atoms with E-state index >= 15 is 0 Å². The Morgan fingerprint density at radius 1 is 1.41 bits per heavy atom. The topological polar surface area (TPSA) is 78.4 Å². The van der Waals surface area contributed by atoms with E-state index in [0.717, 1.165) is 0 Å². The van der Waals surface area contributed by atoms with Gasteiger partial charge in [0.05, 0.1) is 16.6 Å². The van der Waals surface area contributed by atoms with Gasteiger partial charge in [0, 0.05) is 5.56 Å². The number of carbonyl (C=O) groups excluding carboxylic acids is 1. The van der Waals surface area contributed by atoms with E-state index in [0.29, 0.717) is 0 Å². The molecular weight excluding hydrogens is 267 g/mol. The third-order valence-electron chi connectivity index (χ3n) is 2.62. The average molecular weight is 275 g/mol. The summed E-state index contributed by atoms with van der Waals surface area (Å²) in [4.78, 5) is 22.5. The van der Waals surface area contributed by atoms with Crippen LogP contribution < -0.4 is 10.6 Å². The third kappa shape index (κ3) is 1.81. The number of hydrogen-bond acceptors (Lipinski definition) is 2. The quantitative estimate of drug-likeness (QED) is 0.766. The van der Waals surface area contributed by atoms with Gasteiger partial charge in [0.15, 0.2) is 5.54 Å². The molecule has 1 saturated heterocycles. The molecule has 1 aliphatic heterocycles. The Morgan fingerprint density at radius 2 is 2.12 bits per heavy atom. The van der Waals surface area contributed by atoms with Gasteiger partial charge < -0.3 is 15.7 Å². The first-order valence-corrected chi connectivity index (χ1v) is 5.47. The molecule has 0 aromatic heterocycles. The number of rotatable bonds is 2. The summed E-state index contributed by atoms with van der Waals surface area (Å²) in [6.45, 7) is -0.0821. The lowest BCUT2D eigenvalue weighted by Crippen LogP contribution is -2.48. The van der Waals surface area contributed by atoms with Gasteiger partial charge in [0.25, 0.3) is 0 Å². The number of aliphatic carboxylic acids is 1. The maximum Gasteiger partial charge on any atom is 0.336 e. The maximum atomic E-state index is 11.4. The summed E-state index contributed by atoms with van der Waals surface area (Å²) in [6, 6.07) is 4.10. The smallest absolute Gasteiger partial charge is 0.336 e. The molecule has 90 valence electrons. The predicted molar refractivity (Wildman–Crippen MR) is 62.3 cm³/mol. The fourth-order valence-electron chi connectivity index (χ4n) is 1.74. The van der Waals surface area contributed by atoms with Crippen molar-refractivity contribution in [3.8, 4) is 0 Å². The molecule has 1 atom stereocenters. The van der Waals surface area contributed by atoms with Crippen LogP contribution in [0.25, 0.3) is 0 Å². The summed E-state index contributed by atoms with van der Waals surface area (Å²) in [5.74, 6) is -1.19. The summed E-state index contributed by atoms with van der Waals surface area (Å²) in [5.41, 5.74) is -1.31. The van der Waals surface area contributed by atoms with Crippen LogP contribution in [-0.4, -0.2) is 23.7 Å². The third-order valence-corrected chi connectivity index (χ3v) is 3.44. The highest BCUT2D eigenvalue weighted by atomic mass is 35.5. The van der Waals surface area contributed by atoms with Crippen LogP contribution in [-0.2, 0) is 10.3 Å². The highest BCUT2D eigenvalue weighted by Crippen LogP contribution is 2.34. The minimum atomic E-state index is -1.57. The second kappa shape index (κ2) is 4.09. The molecule has 17 heavy (non-hydrogen) atoms. The van der Waals surface area contributed by atoms with Crippen LogP contribution in [0.15, 0.2) is 18.2 Å². The molecule has 1 aromatic rings. The molecule has 1 aliphatic rings. The molecule has 5 nitrogen and oxygen atoms in total. The maximum absolute atomic E-state index is 11.4. The molecule has 0 bridgehead atoms. The Kier molecular flexibility index (Phi) is 2.89. The highest BCUT2D eigenvalue weighted by molar-refractivity contribution is 6.42. The van der Waals surface area contributed by atoms with Crippen molar-refractivity contribution in [3.63, 3.8) is 0 Å². The second-order valence-corrected chi connectivity index (χ2v) is 4.40. The van der Waals surface area contributed by atoms with Gasteiger partial charge in [0.1, 0.15) is 0 Å². The van der Waals surface area contributed by atoms with Crippen molar-refractivity contribution in [3.05, 3.63) is 33.8 Å². The van der Waals surface area contributed by atoms with E-state index in [-0.39, 0.29) is 22.2 Å². The van der Waals surface area contributed by atoms with E-state index in [1.165, 1.54) is 6.07 Å². The molecule has 0 radical (unpaired) electrons. The summed E-state index contributed by atoms with van der Waals surface area (Å²) < 4.78 is 0. The van der Waals surface area contributed by atoms with E-state index < -0.39 is 17.5 Å². The number of halogens is 2. The fraction of sp³-hybridized carbons (Fsp3) is 0.200. The van der Waals surface area contributed by atoms with Gasteiger partial charge in [-0.05, 0) is 6.07 Å². The summed E-state index contributed by atoms with van der Waals surface area (Å²) >= 11 is 11.8. The zero-order valence-electron chi connectivity index (χ0n) is 8.46. The average Bonchev–Trinajstić information content (AvgIpc) is 2.66. The van der Waals surface area contributed by atoms with Crippen molar-refractivity contribution in [1.82, 2.24) is 10.6 Å². The molecule has 0 aliphatic carbocycles. The number of carboxylic acids is 1. The molecule has 1 aromatic carbocycles. The number of carbonyl (C=O) groups is 2. The number of hydrogen-bond donors (Lipinski definition) is 3. The summed E-state index contributed by atoms with van der Waals surface area (Å²) in [7, 11) is 0. The van der Waals surface area contributed by atoms with Crippen molar-refractivity contribution in [2.75, 3.05) is 6.54 Å². The number of carboxylic acid groups (broad SMARTS) is 1. The van der Waals surface area contributed by atoms with Crippen molar-refractivity contribution < 1.29 is 14.7 Å². The standard InChI is InChI=1S/C10H8Cl2N2O3/c11-6-3-1-2-5(7(6)12)10(8(15)16)4-13-9(17)14-10/h1-3H,4H2,(H,15,16)(H2,13,14,17). The van der Waals surface area contributed by atoms with Crippen molar-refractivity contribution >= 4 is 35.2 Å². The predicted octanol–water partition coefficient (Wildman–Crippen LogP) is 1.59. The molecule has 3 N–H and O–H groups in total. The molecule has 1 unspecified atom stereocenters. The first-order valence-electron chi connectivity index (χ1n) is 4.71. The molecule has 1 heterocycles. The van der Waals surface area contributed by atoms with Gasteiger partial charge in [-0.3, -0.25) is 0 Å². The number of nitrogens with one attached hydrogen (secondary N) is 2. The second-order valence-electron chi connectivity index (χ2n) is 3.62. The Balaban J connectivity index is 2.58. The Labute approximate surface area is 107 Å². The molecular formula is C10H8Cl2N2O3. The van der Waals surface area contributed by atoms with Crippen LogP contribution in [0.4, 0.5) is 4.79 Å². The van der Waals surface area contributed by atoms with Gasteiger partial charge in [-0.15, -0.1) is 0 Å². The Morgan fingerprint density at radius 3 is 2.65 bits per heavy atom. The van der Waals surface area contributed by atoms with E-state index in [1.807, 2.05) is 0 Å². The van der Waals surface area contributed by atoms with Gasteiger partial charge >= 0.3 is 12.0 Å². The minimum Gasteiger partial charge on any atom is -0.479 e. The van der Waals surface area contributed by atoms with E-state index in [2.05, 4.69) is 10.6 Å². The Hall–Kier alpha value is -1.46. The van der Waals surface area contributed by atoms with Crippen molar-refractivity contribution in [2.24, 2.45) is 0 Å². The lowest BCUT2D eigenvalue weighted by atomic mass is 9.91. The lowest BCUT2D eigenvalue weighted by molar-refractivity contribution is -0.143. The molecule has 1 fully saturated rings. The van der Waals surface area contributed by atoms with Crippen LogP contribution in [0.5, 0.6) is 0 Å². The van der Waals surface area contributed by atoms with Crippen molar-refractivity contribution in [2.45, 2.75) is 5.54 Å². The number of urea groups is 1. The number of amides is 2. The normalized spacial score (nSPS) is 23.1. The Bertz CT molecular complexity index is 506. The fourth-order valence-corrected chi connectivity index (χ4v) is 2.20. The van der Waals surface area contributed by atoms with Crippen LogP contribution >= 0.6 is 23.2 Å². The first kappa shape index (κ1) is 12.0. The number of benzene rings is 1. The lowest BCUT2D eigenvalue weighted by Gasteiger charge is -2.24. The first-order chi connectivity index (χ1) is 7.97. The molecule has 0 spiro atoms. The monoisotopic (exact) mass is 274 g/mol. The van der Waals surface area contributed by atoms with E-state index in [1.54, 1.807) is 12.1 Å². The van der Waals surface area contributed by atoms with Gasteiger partial charge in [-0.25, -0.2) is 9.59 Å². The van der Waals surface area contributed by atoms with Crippen molar-refractivity contribution in [1.29, 1.82) is 0 Å². The zero-order valence-corrected chi connectivity index (χ0v) is 9.97. The van der Waals surface area contributed by atoms with Crippen LogP contribution in [0.3, 0.4) is 0 Å². The van der Waals surface area contributed by atoms with Gasteiger partial charge in [-0.2, -0.15) is 0 Å². The molecule has 2 rings (SSSR count). The van der Waals surface area contributed by atoms with E-state index in [9.17, 15) is 14.7 Å². The largest absolute Gasteiger partial charge is 0.479 e. The highest BCUT2D eigenvalue weighted by Gasteiger charge is 2.48. The molecule has 7 heteroatoms. The minimum absolute atomic E-state index is 0.0821. The van der Waals surface area contributed by atoms with Crippen LogP contribution in [0.1, 0.15) is 5.56 Å². The van der Waals surface area contributed by atoms with Crippen LogP contribution in [0, 0.1) is 0 Å². The van der Waals surface area contributed by atoms with Gasteiger partial charge in [0.2, 0.25) is 0 Å². The summed E-state index contributed by atoms with van der Waals surface area (Å²) in [6.07, 6.45) is 0. The summed E-state index contributed by atoms with van der Waals surface area (Å²) in [5, 5.41) is 14.4. The molecule has 0 saturated carbocycles. The zero-order chi connectivity index (χ0) is 12.6. The molecule has 2 amide bonds. The van der Waals surface area contributed by atoms with E-state index in [4.69, 9.17) is 23.2 Å². The van der Waals surface area contributed by atoms with Gasteiger partial charge in [-0.1, -0.05) is 35.3 Å². The SMILES string of the molecule is O=C1NCC(C(=O)O)(c2cccc(Cl)c2Cl)N1.